The van der Waals surface area contributed by atoms with Gasteiger partial charge in [0.05, 0.1) is 12.8 Å². The lowest BCUT2D eigenvalue weighted by Crippen LogP contribution is -2.25. The number of aromatic hydroxyl groups is 2. The van der Waals surface area contributed by atoms with Gasteiger partial charge in [-0.1, -0.05) is 42.9 Å². The average molecular weight is 542 g/mol. The molecule has 0 radical (unpaired) electrons. The van der Waals surface area contributed by atoms with E-state index in [0.717, 1.165) is 16.7 Å². The van der Waals surface area contributed by atoms with Crippen molar-refractivity contribution < 1.29 is 29.3 Å². The van der Waals surface area contributed by atoms with Crippen molar-refractivity contribution in [2.75, 3.05) is 0 Å². The van der Waals surface area contributed by atoms with Crippen molar-refractivity contribution in [2.24, 2.45) is 0 Å². The smallest absolute Gasteiger partial charge is 0.310 e. The van der Waals surface area contributed by atoms with Crippen molar-refractivity contribution >= 4 is 27.9 Å². The van der Waals surface area contributed by atoms with E-state index < -0.39 is 11.2 Å². The van der Waals surface area contributed by atoms with Crippen molar-refractivity contribution in [3.63, 3.8) is 0 Å². The second-order valence-electron chi connectivity index (χ2n) is 9.41. The lowest BCUT2D eigenvalue weighted by molar-refractivity contribution is -0.155. The Balaban J connectivity index is 0. The van der Waals surface area contributed by atoms with E-state index in [1.165, 1.54) is 0 Å². The van der Waals surface area contributed by atoms with Gasteiger partial charge >= 0.3 is 11.9 Å². The highest BCUT2D eigenvalue weighted by atomic mass is 79.9. The van der Waals surface area contributed by atoms with Crippen molar-refractivity contribution in [3.05, 3.63) is 57.6 Å². The predicted octanol–water partition coefficient (Wildman–Crippen LogP) is 6.90. The molecule has 6 nitrogen and oxygen atoms in total. The summed E-state index contributed by atoms with van der Waals surface area (Å²) in [5.74, 6) is -0.148. The Morgan fingerprint density at radius 3 is 1.53 bits per heavy atom. The predicted molar refractivity (Wildman–Crippen MR) is 141 cm³/mol. The Morgan fingerprint density at radius 1 is 0.765 bits per heavy atom. The van der Waals surface area contributed by atoms with Gasteiger partial charge < -0.3 is 19.7 Å². The van der Waals surface area contributed by atoms with E-state index in [1.807, 2.05) is 48.5 Å². The average Bonchev–Trinajstić information content (AvgIpc) is 2.57. The van der Waals surface area contributed by atoms with Crippen LogP contribution >= 0.6 is 15.9 Å². The fourth-order valence-corrected chi connectivity index (χ4v) is 3.13. The maximum Gasteiger partial charge on any atom is 0.310 e. The third kappa shape index (κ3) is 13.9. The molecule has 0 saturated carbocycles. The highest BCUT2D eigenvalue weighted by Gasteiger charge is 2.18. The highest BCUT2D eigenvalue weighted by Crippen LogP contribution is 2.23. The molecule has 0 unspecified atom stereocenters. The molecular formula is C27H41BrO6. The number of hydrogen-bond acceptors (Lipinski definition) is 6. The minimum atomic E-state index is -0.472. The van der Waals surface area contributed by atoms with Crippen LogP contribution in [0.4, 0.5) is 0 Å². The number of halogens is 1. The van der Waals surface area contributed by atoms with Gasteiger partial charge in [0.2, 0.25) is 0 Å². The molecule has 0 fully saturated rings. The number of benzene rings is 2. The number of ether oxygens (including phenoxy) is 2. The van der Waals surface area contributed by atoms with Crippen molar-refractivity contribution in [1.82, 2.24) is 0 Å². The summed E-state index contributed by atoms with van der Waals surface area (Å²) in [5, 5.41) is 18.5. The summed E-state index contributed by atoms with van der Waals surface area (Å²) in [6, 6.07) is 9.76. The van der Waals surface area contributed by atoms with E-state index in [9.17, 15) is 19.8 Å². The first kappa shape index (κ1) is 33.6. The molecule has 2 aromatic rings. The normalized spacial score (nSPS) is 10.6. The number of carbonyl (C=O) groups is 2. The fraction of sp³-hybridized carbons (Fsp3) is 0.481. The number of rotatable bonds is 4. The largest absolute Gasteiger partial charge is 0.508 e. The number of carbonyl (C=O) groups excluding carboxylic acids is 2. The van der Waals surface area contributed by atoms with Gasteiger partial charge in [0, 0.05) is 4.47 Å². The van der Waals surface area contributed by atoms with Crippen LogP contribution in [0.15, 0.2) is 40.9 Å². The fourth-order valence-electron chi connectivity index (χ4n) is 2.62. The quantitative estimate of drug-likeness (QED) is 0.409. The monoisotopic (exact) mass is 540 g/mol. The van der Waals surface area contributed by atoms with Gasteiger partial charge in [0.25, 0.3) is 0 Å². The van der Waals surface area contributed by atoms with Crippen LogP contribution in [-0.4, -0.2) is 33.4 Å². The Kier molecular flexibility index (Phi) is 13.8. The van der Waals surface area contributed by atoms with E-state index >= 15 is 0 Å². The van der Waals surface area contributed by atoms with E-state index in [-0.39, 0.29) is 51.1 Å². The summed E-state index contributed by atoms with van der Waals surface area (Å²) >= 11 is 3.29. The molecule has 0 bridgehead atoms. The molecule has 2 rings (SSSR count). The van der Waals surface area contributed by atoms with E-state index in [0.29, 0.717) is 4.47 Å². The zero-order valence-electron chi connectivity index (χ0n) is 19.8. The number of phenolic OH excluding ortho intramolecular Hbond substituents is 2. The standard InChI is InChI=1S/C13H18O3.C12H15BrO3.2CH4/c1-9-7-11(14)6-5-10(9)8-12(15)16-13(2,3)4;1-12(2,3)16-11(15)6-8-4-5-9(14)7-10(8)13;;/h5-7,14H,8H2,1-4H3;4-5,7,14H,6H2,1-3H3;2*1H4. The molecular weight excluding hydrogens is 500 g/mol. The Bertz CT molecular complexity index is 862. The molecule has 0 heterocycles. The topological polar surface area (TPSA) is 93.1 Å². The molecule has 0 saturated heterocycles. The van der Waals surface area contributed by atoms with Gasteiger partial charge in [-0.2, -0.15) is 0 Å². The first-order valence-electron chi connectivity index (χ1n) is 10.3. The molecule has 2 N–H and O–H groups in total. The minimum absolute atomic E-state index is 0. The van der Waals surface area contributed by atoms with Crippen LogP contribution < -0.4 is 0 Å². The summed E-state index contributed by atoms with van der Waals surface area (Å²) in [4.78, 5) is 23.1. The first-order chi connectivity index (χ1) is 14.6. The van der Waals surface area contributed by atoms with E-state index in [1.54, 1.807) is 36.4 Å². The molecule has 34 heavy (non-hydrogen) atoms. The summed E-state index contributed by atoms with van der Waals surface area (Å²) in [6.45, 7) is 12.9. The summed E-state index contributed by atoms with van der Waals surface area (Å²) in [5.41, 5.74) is 1.65. The maximum absolute atomic E-state index is 11.6. The van der Waals surface area contributed by atoms with Gasteiger partial charge in [-0.15, -0.1) is 0 Å². The Labute approximate surface area is 213 Å². The van der Waals surface area contributed by atoms with Crippen molar-refractivity contribution in [2.45, 2.75) is 87.4 Å². The van der Waals surface area contributed by atoms with Crippen LogP contribution in [0, 0.1) is 6.92 Å². The Hall–Kier alpha value is -2.54. The zero-order valence-corrected chi connectivity index (χ0v) is 21.4. The molecule has 0 atom stereocenters. The summed E-state index contributed by atoms with van der Waals surface area (Å²) in [7, 11) is 0. The first-order valence-corrected chi connectivity index (χ1v) is 11.0. The molecule has 2 aromatic carbocycles. The number of aryl methyl sites for hydroxylation is 1. The molecule has 0 aliphatic carbocycles. The number of hydrogen-bond donors (Lipinski definition) is 2. The lowest BCUT2D eigenvalue weighted by Gasteiger charge is -2.19. The third-order valence-electron chi connectivity index (χ3n) is 3.87. The molecule has 0 amide bonds. The van der Waals surface area contributed by atoms with E-state index in [4.69, 9.17) is 9.47 Å². The molecule has 7 heteroatoms. The van der Waals surface area contributed by atoms with Gasteiger partial charge in [0.15, 0.2) is 0 Å². The van der Waals surface area contributed by atoms with Crippen LogP contribution in [0.5, 0.6) is 11.5 Å². The van der Waals surface area contributed by atoms with Gasteiger partial charge in [-0.3, -0.25) is 9.59 Å². The molecule has 0 aliphatic heterocycles. The number of esters is 2. The summed E-state index contributed by atoms with van der Waals surface area (Å²) < 4.78 is 11.1. The van der Waals surface area contributed by atoms with Crippen LogP contribution in [0.3, 0.4) is 0 Å². The SMILES string of the molecule is C.C.CC(C)(C)OC(=O)Cc1ccc(O)cc1Br.Cc1cc(O)ccc1CC(=O)OC(C)(C)C. The molecule has 0 aromatic heterocycles. The molecule has 192 valence electrons. The Morgan fingerprint density at radius 2 is 1.15 bits per heavy atom. The van der Waals surface area contributed by atoms with Crippen LogP contribution in [-0.2, 0) is 31.9 Å². The second kappa shape index (κ2) is 14.0. The highest BCUT2D eigenvalue weighted by molar-refractivity contribution is 9.10. The van der Waals surface area contributed by atoms with Gasteiger partial charge in [0.1, 0.15) is 22.7 Å². The van der Waals surface area contributed by atoms with Crippen molar-refractivity contribution in [3.8, 4) is 11.5 Å². The van der Waals surface area contributed by atoms with Crippen LogP contribution in [0.2, 0.25) is 0 Å². The maximum atomic E-state index is 11.6. The molecule has 0 spiro atoms. The van der Waals surface area contributed by atoms with Crippen LogP contribution in [0.25, 0.3) is 0 Å². The second-order valence-corrected chi connectivity index (χ2v) is 10.3. The van der Waals surface area contributed by atoms with Gasteiger partial charge in [-0.05, 0) is 89.4 Å². The van der Waals surface area contributed by atoms with Gasteiger partial charge in [-0.25, -0.2) is 0 Å². The van der Waals surface area contributed by atoms with Crippen molar-refractivity contribution in [1.29, 1.82) is 0 Å². The zero-order chi connectivity index (χ0) is 24.7. The van der Waals surface area contributed by atoms with Crippen LogP contribution in [0.1, 0.15) is 73.1 Å². The lowest BCUT2D eigenvalue weighted by atomic mass is 10.1. The number of phenols is 2. The molecule has 0 aliphatic rings. The summed E-state index contributed by atoms with van der Waals surface area (Å²) in [6.07, 6.45) is 0.432. The van der Waals surface area contributed by atoms with E-state index in [2.05, 4.69) is 15.9 Å². The third-order valence-corrected chi connectivity index (χ3v) is 4.61. The minimum Gasteiger partial charge on any atom is -0.508 e.